The highest BCUT2D eigenvalue weighted by Gasteiger charge is 2.30. The van der Waals surface area contributed by atoms with E-state index in [2.05, 4.69) is 10.3 Å². The van der Waals surface area contributed by atoms with Crippen LogP contribution in [0.25, 0.3) is 0 Å². The lowest BCUT2D eigenvalue weighted by Gasteiger charge is -2.18. The van der Waals surface area contributed by atoms with E-state index in [1.165, 1.54) is 0 Å². The summed E-state index contributed by atoms with van der Waals surface area (Å²) in [5, 5.41) is 2.57. The van der Waals surface area contributed by atoms with Crippen molar-refractivity contribution in [2.45, 2.75) is 18.6 Å². The molecule has 0 fully saturated rings. The van der Waals surface area contributed by atoms with Gasteiger partial charge in [0.15, 0.2) is 0 Å². The number of rotatable bonds is 6. The van der Waals surface area contributed by atoms with Crippen LogP contribution in [0.4, 0.5) is 19.0 Å². The molecular formula is C15H16F3N3OS. The number of halogens is 3. The fourth-order valence-electron chi connectivity index (χ4n) is 2.05. The molecule has 124 valence electrons. The lowest BCUT2D eigenvalue weighted by molar-refractivity contribution is -0.137. The summed E-state index contributed by atoms with van der Waals surface area (Å²) in [5.74, 6) is 0.586. The van der Waals surface area contributed by atoms with E-state index in [0.29, 0.717) is 12.6 Å². The number of aromatic nitrogens is 2. The molecule has 0 aliphatic rings. The van der Waals surface area contributed by atoms with E-state index in [0.717, 1.165) is 17.9 Å². The summed E-state index contributed by atoms with van der Waals surface area (Å²) in [4.78, 5) is 16.1. The topological polar surface area (TPSA) is 46.9 Å². The maximum Gasteiger partial charge on any atom is 0.417 e. The Bertz CT molecular complexity index is 626. The number of carbonyl (C=O) groups is 1. The molecular weight excluding hydrogens is 327 g/mol. The largest absolute Gasteiger partial charge is 0.417 e. The third kappa shape index (κ3) is 4.75. The second-order valence-corrected chi connectivity index (χ2v) is 5.83. The number of carbonyl (C=O) groups excluding carboxylic acids is 1. The van der Waals surface area contributed by atoms with Crippen molar-refractivity contribution in [3.05, 3.63) is 48.4 Å². The predicted molar refractivity (Wildman–Crippen MR) is 84.3 cm³/mol. The lowest BCUT2D eigenvalue weighted by Crippen LogP contribution is -2.26. The molecule has 23 heavy (non-hydrogen) atoms. The summed E-state index contributed by atoms with van der Waals surface area (Å²) in [6, 6.07) is 5.25. The van der Waals surface area contributed by atoms with Crippen LogP contribution in [0.1, 0.15) is 18.0 Å². The van der Waals surface area contributed by atoms with Crippen LogP contribution in [0.2, 0.25) is 0 Å². The number of anilines is 1. The molecule has 1 N–H and O–H groups in total. The monoisotopic (exact) mass is 343 g/mol. The van der Waals surface area contributed by atoms with Crippen LogP contribution in [0, 0.1) is 0 Å². The molecule has 4 nitrogen and oxygen atoms in total. The van der Waals surface area contributed by atoms with Gasteiger partial charge in [-0.15, -0.1) is 0 Å². The molecule has 0 saturated heterocycles. The Hall–Kier alpha value is -1.96. The Kier molecular flexibility index (Phi) is 5.70. The highest BCUT2D eigenvalue weighted by atomic mass is 32.2. The normalized spacial score (nSPS) is 12.9. The van der Waals surface area contributed by atoms with Crippen molar-refractivity contribution in [3.63, 3.8) is 0 Å². The quantitative estimate of drug-likeness (QED) is 0.867. The number of nitrogens with one attached hydrogen (secondary N) is 1. The molecule has 0 radical (unpaired) electrons. The highest BCUT2D eigenvalue weighted by Crippen LogP contribution is 2.29. The third-order valence-corrected chi connectivity index (χ3v) is 3.87. The summed E-state index contributed by atoms with van der Waals surface area (Å²) in [5.41, 5.74) is -0.847. The fraction of sp³-hybridized carbons (Fsp3) is 0.333. The van der Waals surface area contributed by atoms with Gasteiger partial charge in [-0.2, -0.15) is 24.9 Å². The van der Waals surface area contributed by atoms with E-state index in [-0.39, 0.29) is 11.7 Å². The van der Waals surface area contributed by atoms with Crippen LogP contribution in [0.5, 0.6) is 0 Å². The van der Waals surface area contributed by atoms with Gasteiger partial charge in [-0.25, -0.2) is 4.98 Å². The van der Waals surface area contributed by atoms with Gasteiger partial charge in [0.05, 0.1) is 5.56 Å². The van der Waals surface area contributed by atoms with E-state index in [9.17, 15) is 18.0 Å². The first-order chi connectivity index (χ1) is 10.9. The van der Waals surface area contributed by atoms with Crippen LogP contribution < -0.4 is 5.32 Å². The lowest BCUT2D eigenvalue weighted by atomic mass is 10.2. The van der Waals surface area contributed by atoms with Crippen LogP contribution in [-0.4, -0.2) is 27.5 Å². The summed E-state index contributed by atoms with van der Waals surface area (Å²) >= 11 is 1.62. The van der Waals surface area contributed by atoms with E-state index in [1.807, 2.05) is 18.4 Å². The van der Waals surface area contributed by atoms with E-state index >= 15 is 0 Å². The van der Waals surface area contributed by atoms with E-state index in [4.69, 9.17) is 0 Å². The van der Waals surface area contributed by atoms with Gasteiger partial charge in [0, 0.05) is 18.6 Å². The van der Waals surface area contributed by atoms with Crippen LogP contribution in [0.15, 0.2) is 42.9 Å². The number of thioether (sulfide) groups is 1. The molecule has 2 heterocycles. The summed E-state index contributed by atoms with van der Waals surface area (Å²) < 4.78 is 39.3. The standard InChI is InChI=1S/C15H16F3N3OS/c1-23-9-6-12(21-7-2-3-8-21)14(22)20-13-5-4-11(10-19-13)15(16,17)18/h2-5,7-8,10,12H,6,9H2,1H3,(H,19,20,22). The molecule has 0 aliphatic heterocycles. The molecule has 2 aromatic heterocycles. The Morgan fingerprint density at radius 2 is 2.04 bits per heavy atom. The van der Waals surface area contributed by atoms with E-state index < -0.39 is 17.8 Å². The van der Waals surface area contributed by atoms with Gasteiger partial charge in [0.1, 0.15) is 11.9 Å². The van der Waals surface area contributed by atoms with Gasteiger partial charge in [-0.1, -0.05) is 0 Å². The molecule has 0 saturated carbocycles. The highest BCUT2D eigenvalue weighted by molar-refractivity contribution is 7.98. The van der Waals surface area contributed by atoms with Crippen molar-refractivity contribution in [1.29, 1.82) is 0 Å². The number of hydrogen-bond donors (Lipinski definition) is 1. The first-order valence-corrected chi connectivity index (χ1v) is 8.26. The molecule has 0 aromatic carbocycles. The van der Waals surface area contributed by atoms with Crippen LogP contribution in [-0.2, 0) is 11.0 Å². The minimum atomic E-state index is -4.44. The van der Waals surface area contributed by atoms with Crippen molar-refractivity contribution in [2.24, 2.45) is 0 Å². The zero-order chi connectivity index (χ0) is 16.9. The molecule has 2 aromatic rings. The average molecular weight is 343 g/mol. The molecule has 1 unspecified atom stereocenters. The number of amides is 1. The third-order valence-electron chi connectivity index (χ3n) is 3.23. The van der Waals surface area contributed by atoms with E-state index in [1.54, 1.807) is 28.7 Å². The van der Waals surface area contributed by atoms with Gasteiger partial charge in [-0.05, 0) is 42.7 Å². The Labute approximate surface area is 136 Å². The Balaban J connectivity index is 2.09. The maximum absolute atomic E-state index is 12.5. The number of nitrogens with zero attached hydrogens (tertiary/aromatic N) is 2. The minimum Gasteiger partial charge on any atom is -0.342 e. The molecule has 1 amide bonds. The average Bonchev–Trinajstić information content (AvgIpc) is 3.01. The molecule has 0 bridgehead atoms. The molecule has 0 aliphatic carbocycles. The first-order valence-electron chi connectivity index (χ1n) is 6.87. The predicted octanol–water partition coefficient (Wildman–Crippen LogP) is 3.83. The molecule has 0 spiro atoms. The van der Waals surface area contributed by atoms with Gasteiger partial charge >= 0.3 is 6.18 Å². The smallest absolute Gasteiger partial charge is 0.342 e. The SMILES string of the molecule is CSCCC(C(=O)Nc1ccc(C(F)(F)F)cn1)n1cccc1. The van der Waals surface area contributed by atoms with Crippen molar-refractivity contribution < 1.29 is 18.0 Å². The summed E-state index contributed by atoms with van der Waals surface area (Å²) in [6.45, 7) is 0. The minimum absolute atomic E-state index is 0.101. The van der Waals surface area contributed by atoms with Gasteiger partial charge in [0.2, 0.25) is 5.91 Å². The van der Waals surface area contributed by atoms with Gasteiger partial charge in [0.25, 0.3) is 0 Å². The zero-order valence-corrected chi connectivity index (χ0v) is 13.2. The molecule has 1 atom stereocenters. The molecule has 8 heteroatoms. The zero-order valence-electron chi connectivity index (χ0n) is 12.4. The van der Waals surface area contributed by atoms with Crippen molar-refractivity contribution in [3.8, 4) is 0 Å². The Morgan fingerprint density at radius 3 is 2.57 bits per heavy atom. The number of hydrogen-bond acceptors (Lipinski definition) is 3. The van der Waals surface area contributed by atoms with Crippen LogP contribution in [0.3, 0.4) is 0 Å². The summed E-state index contributed by atoms with van der Waals surface area (Å²) in [7, 11) is 0. The Morgan fingerprint density at radius 1 is 1.35 bits per heavy atom. The number of pyridine rings is 1. The molecule has 2 rings (SSSR count). The second kappa shape index (κ2) is 7.54. The number of alkyl halides is 3. The first kappa shape index (κ1) is 17.4. The fourth-order valence-corrected chi connectivity index (χ4v) is 2.50. The second-order valence-electron chi connectivity index (χ2n) is 4.85. The van der Waals surface area contributed by atoms with Crippen LogP contribution >= 0.6 is 11.8 Å². The van der Waals surface area contributed by atoms with Crippen molar-refractivity contribution in [2.75, 3.05) is 17.3 Å². The maximum atomic E-state index is 12.5. The van der Waals surface area contributed by atoms with Crippen molar-refractivity contribution >= 4 is 23.5 Å². The van der Waals surface area contributed by atoms with Crippen molar-refractivity contribution in [1.82, 2.24) is 9.55 Å². The van der Waals surface area contributed by atoms with Gasteiger partial charge in [-0.3, -0.25) is 4.79 Å². The summed E-state index contributed by atoms with van der Waals surface area (Å²) in [6.07, 6.45) is 2.39. The van der Waals surface area contributed by atoms with Gasteiger partial charge < -0.3 is 9.88 Å².